The highest BCUT2D eigenvalue weighted by Crippen LogP contribution is 2.42. The maximum atomic E-state index is 3.72. The third-order valence-corrected chi connectivity index (χ3v) is 6.42. The van der Waals surface area contributed by atoms with Gasteiger partial charge in [-0.05, 0) is 37.5 Å². The van der Waals surface area contributed by atoms with Gasteiger partial charge in [0.15, 0.2) is 0 Å². The highest BCUT2D eigenvalue weighted by atomic mass is 15.3. The van der Waals surface area contributed by atoms with Gasteiger partial charge in [0.25, 0.3) is 0 Å². The van der Waals surface area contributed by atoms with Crippen LogP contribution in [-0.4, -0.2) is 36.1 Å². The largest absolute Gasteiger partial charge is 0.314 e. The van der Waals surface area contributed by atoms with Gasteiger partial charge < -0.3 is 5.32 Å². The van der Waals surface area contributed by atoms with E-state index in [2.05, 4.69) is 24.1 Å². The molecule has 2 saturated carbocycles. The number of nitrogens with zero attached hydrogens (tertiary/aromatic N) is 1. The third kappa shape index (κ3) is 2.78. The normalized spacial score (nSPS) is 35.5. The number of hydrogen-bond acceptors (Lipinski definition) is 2. The summed E-state index contributed by atoms with van der Waals surface area (Å²) in [5.74, 6) is 1.80. The van der Waals surface area contributed by atoms with Crippen LogP contribution in [0.5, 0.6) is 0 Å². The van der Waals surface area contributed by atoms with E-state index in [0.717, 1.165) is 17.9 Å². The van der Waals surface area contributed by atoms with Gasteiger partial charge in [-0.2, -0.15) is 0 Å². The van der Waals surface area contributed by atoms with Crippen LogP contribution in [0.25, 0.3) is 0 Å². The van der Waals surface area contributed by atoms with E-state index in [4.69, 9.17) is 0 Å². The molecule has 2 heteroatoms. The summed E-state index contributed by atoms with van der Waals surface area (Å²) < 4.78 is 0. The SMILES string of the molecule is CC(C)C1CCCCC1N1CCNCC12CCCCC2. The van der Waals surface area contributed by atoms with Crippen LogP contribution in [0.1, 0.15) is 71.6 Å². The molecule has 2 unspecified atom stereocenters. The maximum Gasteiger partial charge on any atom is 0.0337 e. The van der Waals surface area contributed by atoms with Gasteiger partial charge in [-0.3, -0.25) is 4.90 Å². The predicted molar refractivity (Wildman–Crippen MR) is 86.0 cm³/mol. The van der Waals surface area contributed by atoms with Crippen LogP contribution < -0.4 is 5.32 Å². The van der Waals surface area contributed by atoms with Crippen LogP contribution in [0.4, 0.5) is 0 Å². The molecule has 3 aliphatic rings. The lowest BCUT2D eigenvalue weighted by Gasteiger charge is -2.56. The van der Waals surface area contributed by atoms with Crippen LogP contribution in [0.2, 0.25) is 0 Å². The molecule has 0 bridgehead atoms. The van der Waals surface area contributed by atoms with Gasteiger partial charge in [0.2, 0.25) is 0 Å². The van der Waals surface area contributed by atoms with Gasteiger partial charge in [0.05, 0.1) is 0 Å². The monoisotopic (exact) mass is 278 g/mol. The topological polar surface area (TPSA) is 15.3 Å². The van der Waals surface area contributed by atoms with Crippen LogP contribution in [-0.2, 0) is 0 Å². The lowest BCUT2D eigenvalue weighted by atomic mass is 9.72. The fourth-order valence-corrected chi connectivity index (χ4v) is 5.36. The van der Waals surface area contributed by atoms with Crippen molar-refractivity contribution in [2.75, 3.05) is 19.6 Å². The van der Waals surface area contributed by atoms with Crippen molar-refractivity contribution in [1.29, 1.82) is 0 Å². The fraction of sp³-hybridized carbons (Fsp3) is 1.00. The summed E-state index contributed by atoms with van der Waals surface area (Å²) >= 11 is 0. The van der Waals surface area contributed by atoms with E-state index >= 15 is 0 Å². The number of hydrogen-bond donors (Lipinski definition) is 1. The van der Waals surface area contributed by atoms with Gasteiger partial charge in [-0.25, -0.2) is 0 Å². The van der Waals surface area contributed by atoms with E-state index < -0.39 is 0 Å². The van der Waals surface area contributed by atoms with E-state index in [1.54, 1.807) is 0 Å². The first kappa shape index (κ1) is 14.8. The average molecular weight is 278 g/mol. The molecule has 0 aromatic heterocycles. The minimum absolute atomic E-state index is 0.519. The van der Waals surface area contributed by atoms with Crippen molar-refractivity contribution in [1.82, 2.24) is 10.2 Å². The van der Waals surface area contributed by atoms with E-state index in [1.165, 1.54) is 77.4 Å². The molecular formula is C18H34N2. The third-order valence-electron chi connectivity index (χ3n) is 6.42. The Morgan fingerprint density at radius 3 is 2.50 bits per heavy atom. The van der Waals surface area contributed by atoms with Crippen molar-refractivity contribution in [3.8, 4) is 0 Å². The highest BCUT2D eigenvalue weighted by Gasteiger charge is 2.45. The summed E-state index contributed by atoms with van der Waals surface area (Å²) in [5, 5.41) is 3.72. The quantitative estimate of drug-likeness (QED) is 0.826. The molecule has 0 amide bonds. The smallest absolute Gasteiger partial charge is 0.0337 e. The minimum atomic E-state index is 0.519. The molecule has 1 heterocycles. The predicted octanol–water partition coefficient (Wildman–Crippen LogP) is 3.81. The van der Waals surface area contributed by atoms with Gasteiger partial charge >= 0.3 is 0 Å². The van der Waals surface area contributed by atoms with E-state index in [9.17, 15) is 0 Å². The Labute approximate surface area is 125 Å². The molecule has 0 aromatic rings. The van der Waals surface area contributed by atoms with Crippen LogP contribution in [0.15, 0.2) is 0 Å². The second-order valence-corrected chi connectivity index (χ2v) is 7.91. The first-order valence-electron chi connectivity index (χ1n) is 9.20. The Kier molecular flexibility index (Phi) is 4.72. The molecule has 1 N–H and O–H groups in total. The molecule has 1 saturated heterocycles. The van der Waals surface area contributed by atoms with Crippen molar-refractivity contribution in [3.63, 3.8) is 0 Å². The highest BCUT2D eigenvalue weighted by molar-refractivity contribution is 5.02. The fourth-order valence-electron chi connectivity index (χ4n) is 5.36. The van der Waals surface area contributed by atoms with Gasteiger partial charge in [0, 0.05) is 31.2 Å². The summed E-state index contributed by atoms with van der Waals surface area (Å²) in [6, 6.07) is 0.879. The van der Waals surface area contributed by atoms with Crippen molar-refractivity contribution >= 4 is 0 Å². The number of piperazine rings is 1. The molecule has 3 fully saturated rings. The zero-order valence-electron chi connectivity index (χ0n) is 13.7. The second-order valence-electron chi connectivity index (χ2n) is 7.91. The Balaban J connectivity index is 1.80. The Hall–Kier alpha value is -0.0800. The molecule has 2 atom stereocenters. The van der Waals surface area contributed by atoms with E-state index in [1.807, 2.05) is 0 Å². The van der Waals surface area contributed by atoms with E-state index in [0.29, 0.717) is 5.54 Å². The molecule has 1 aliphatic heterocycles. The Bertz CT molecular complexity index is 298. The lowest BCUT2D eigenvalue weighted by molar-refractivity contribution is -0.0467. The van der Waals surface area contributed by atoms with Crippen molar-refractivity contribution in [2.45, 2.75) is 83.2 Å². The summed E-state index contributed by atoms with van der Waals surface area (Å²) in [7, 11) is 0. The average Bonchev–Trinajstić information content (AvgIpc) is 2.48. The summed E-state index contributed by atoms with van der Waals surface area (Å²) in [6.45, 7) is 8.68. The van der Waals surface area contributed by atoms with Crippen LogP contribution in [0, 0.1) is 11.8 Å². The zero-order chi connectivity index (χ0) is 14.0. The minimum Gasteiger partial charge on any atom is -0.314 e. The van der Waals surface area contributed by atoms with Gasteiger partial charge in [-0.1, -0.05) is 46.0 Å². The molecular weight excluding hydrogens is 244 g/mol. The Morgan fingerprint density at radius 2 is 1.75 bits per heavy atom. The summed E-state index contributed by atoms with van der Waals surface area (Å²) in [5.41, 5.74) is 0.519. The number of nitrogens with one attached hydrogen (secondary N) is 1. The summed E-state index contributed by atoms with van der Waals surface area (Å²) in [6.07, 6.45) is 13.1. The van der Waals surface area contributed by atoms with Crippen molar-refractivity contribution < 1.29 is 0 Å². The van der Waals surface area contributed by atoms with Crippen molar-refractivity contribution in [2.24, 2.45) is 11.8 Å². The summed E-state index contributed by atoms with van der Waals surface area (Å²) in [4.78, 5) is 3.01. The lowest BCUT2D eigenvalue weighted by Crippen LogP contribution is -2.66. The first-order chi connectivity index (χ1) is 9.73. The Morgan fingerprint density at radius 1 is 1.00 bits per heavy atom. The van der Waals surface area contributed by atoms with Crippen LogP contribution >= 0.6 is 0 Å². The molecule has 1 spiro atoms. The molecule has 0 radical (unpaired) electrons. The second kappa shape index (κ2) is 6.36. The molecule has 2 aliphatic carbocycles. The van der Waals surface area contributed by atoms with Crippen LogP contribution in [0.3, 0.4) is 0 Å². The van der Waals surface area contributed by atoms with Gasteiger partial charge in [0.1, 0.15) is 0 Å². The molecule has 0 aromatic carbocycles. The molecule has 2 nitrogen and oxygen atoms in total. The molecule has 20 heavy (non-hydrogen) atoms. The van der Waals surface area contributed by atoms with E-state index in [-0.39, 0.29) is 0 Å². The standard InChI is InChI=1S/C18H34N2/c1-15(2)16-8-4-5-9-17(16)20-13-12-19-14-18(20)10-6-3-7-11-18/h15-17,19H,3-14H2,1-2H3. The molecule has 3 rings (SSSR count). The first-order valence-corrected chi connectivity index (χ1v) is 9.20. The number of rotatable bonds is 2. The zero-order valence-corrected chi connectivity index (χ0v) is 13.7. The van der Waals surface area contributed by atoms with Gasteiger partial charge in [-0.15, -0.1) is 0 Å². The van der Waals surface area contributed by atoms with Crippen molar-refractivity contribution in [3.05, 3.63) is 0 Å². The maximum absolute atomic E-state index is 3.72. The molecule has 116 valence electrons.